The van der Waals surface area contributed by atoms with Crippen LogP contribution in [0.1, 0.15) is 31.7 Å². The van der Waals surface area contributed by atoms with Crippen LogP contribution in [-0.4, -0.2) is 57.7 Å². The lowest BCUT2D eigenvalue weighted by Gasteiger charge is -2.29. The Kier molecular flexibility index (Phi) is 8.60. The van der Waals surface area contributed by atoms with Crippen molar-refractivity contribution in [1.82, 2.24) is 15.5 Å². The van der Waals surface area contributed by atoms with Gasteiger partial charge in [0.1, 0.15) is 5.75 Å². The van der Waals surface area contributed by atoms with Crippen LogP contribution in [0.3, 0.4) is 0 Å². The highest BCUT2D eigenvalue weighted by molar-refractivity contribution is 5.79. The molecule has 0 aliphatic carbocycles. The Bertz CT molecular complexity index is 509. The maximum absolute atomic E-state index is 5.19. The summed E-state index contributed by atoms with van der Waals surface area (Å²) in [6.07, 6.45) is 5.07. The number of piperidine rings is 1. The van der Waals surface area contributed by atoms with Gasteiger partial charge in [-0.15, -0.1) is 0 Å². The van der Waals surface area contributed by atoms with Crippen LogP contribution >= 0.6 is 0 Å². The molecule has 1 fully saturated rings. The van der Waals surface area contributed by atoms with Gasteiger partial charge in [0.25, 0.3) is 0 Å². The van der Waals surface area contributed by atoms with Crippen molar-refractivity contribution in [2.45, 2.75) is 32.6 Å². The molecule has 2 rings (SSSR count). The van der Waals surface area contributed by atoms with E-state index in [0.29, 0.717) is 5.92 Å². The number of nitrogens with zero attached hydrogens (tertiary/aromatic N) is 2. The van der Waals surface area contributed by atoms with E-state index in [-0.39, 0.29) is 0 Å². The zero-order valence-corrected chi connectivity index (χ0v) is 16.1. The predicted octanol–water partition coefficient (Wildman–Crippen LogP) is 2.52. The van der Waals surface area contributed by atoms with Gasteiger partial charge in [-0.1, -0.05) is 25.5 Å². The van der Waals surface area contributed by atoms with Crippen molar-refractivity contribution in [2.24, 2.45) is 10.9 Å². The van der Waals surface area contributed by atoms with Gasteiger partial charge in [-0.2, -0.15) is 0 Å². The Labute approximate surface area is 152 Å². The van der Waals surface area contributed by atoms with Crippen molar-refractivity contribution in [2.75, 3.05) is 46.9 Å². The van der Waals surface area contributed by atoms with Gasteiger partial charge in [0.05, 0.1) is 7.11 Å². The van der Waals surface area contributed by atoms with Crippen LogP contribution in [0.5, 0.6) is 5.75 Å². The van der Waals surface area contributed by atoms with Crippen molar-refractivity contribution in [1.29, 1.82) is 0 Å². The Balaban J connectivity index is 1.63. The van der Waals surface area contributed by atoms with Crippen LogP contribution in [0, 0.1) is 5.92 Å². The van der Waals surface area contributed by atoms with Gasteiger partial charge in [-0.3, -0.25) is 4.99 Å². The maximum atomic E-state index is 5.19. The summed E-state index contributed by atoms with van der Waals surface area (Å²) in [4.78, 5) is 6.92. The number of nitrogens with one attached hydrogen (secondary N) is 2. The van der Waals surface area contributed by atoms with Crippen molar-refractivity contribution in [3.05, 3.63) is 29.8 Å². The largest absolute Gasteiger partial charge is 0.497 e. The summed E-state index contributed by atoms with van der Waals surface area (Å²) in [5, 5.41) is 6.86. The molecule has 1 unspecified atom stereocenters. The van der Waals surface area contributed by atoms with E-state index < -0.39 is 0 Å². The standard InChI is InChI=1S/C20H34N4O/c1-17(16-24-13-5-4-6-14-24)15-23-20(21-2)22-12-11-18-7-9-19(25-3)10-8-18/h7-10,17H,4-6,11-16H2,1-3H3,(H2,21,22,23). The quantitative estimate of drug-likeness (QED) is 0.561. The van der Waals surface area contributed by atoms with Gasteiger partial charge >= 0.3 is 0 Å². The number of aliphatic imine (C=N–C) groups is 1. The Morgan fingerprint density at radius 1 is 1.16 bits per heavy atom. The van der Waals surface area contributed by atoms with E-state index in [1.807, 2.05) is 19.2 Å². The van der Waals surface area contributed by atoms with Gasteiger partial charge in [0.2, 0.25) is 0 Å². The Morgan fingerprint density at radius 3 is 2.52 bits per heavy atom. The van der Waals surface area contributed by atoms with Crippen LogP contribution in [0.2, 0.25) is 0 Å². The molecule has 1 saturated heterocycles. The first-order valence-electron chi connectivity index (χ1n) is 9.51. The van der Waals surface area contributed by atoms with E-state index in [2.05, 4.69) is 39.6 Å². The number of hydrogen-bond donors (Lipinski definition) is 2. The highest BCUT2D eigenvalue weighted by Crippen LogP contribution is 2.11. The number of guanidine groups is 1. The fourth-order valence-electron chi connectivity index (χ4n) is 3.26. The third-order valence-corrected chi connectivity index (χ3v) is 4.73. The molecule has 1 atom stereocenters. The fourth-order valence-corrected chi connectivity index (χ4v) is 3.26. The molecule has 0 saturated carbocycles. The summed E-state index contributed by atoms with van der Waals surface area (Å²) in [5.41, 5.74) is 1.29. The summed E-state index contributed by atoms with van der Waals surface area (Å²) in [7, 11) is 3.52. The molecular formula is C20H34N4O. The first-order chi connectivity index (χ1) is 12.2. The number of hydrogen-bond acceptors (Lipinski definition) is 3. The molecule has 0 amide bonds. The molecule has 1 aliphatic rings. The highest BCUT2D eigenvalue weighted by atomic mass is 16.5. The second kappa shape index (κ2) is 11.0. The molecule has 1 heterocycles. The number of likely N-dealkylation sites (tertiary alicyclic amines) is 1. The van der Waals surface area contributed by atoms with Crippen molar-refractivity contribution in [3.63, 3.8) is 0 Å². The van der Waals surface area contributed by atoms with Crippen LogP contribution in [-0.2, 0) is 6.42 Å². The van der Waals surface area contributed by atoms with E-state index in [1.165, 1.54) is 44.5 Å². The van der Waals surface area contributed by atoms with Gasteiger partial charge < -0.3 is 20.3 Å². The molecule has 0 aromatic heterocycles. The van der Waals surface area contributed by atoms with Gasteiger partial charge in [-0.05, 0) is 56.0 Å². The summed E-state index contributed by atoms with van der Waals surface area (Å²) >= 11 is 0. The van der Waals surface area contributed by atoms with Crippen LogP contribution in [0.15, 0.2) is 29.3 Å². The van der Waals surface area contributed by atoms with E-state index in [4.69, 9.17) is 4.74 Å². The molecule has 0 bridgehead atoms. The lowest BCUT2D eigenvalue weighted by molar-refractivity contribution is 0.201. The highest BCUT2D eigenvalue weighted by Gasteiger charge is 2.13. The first-order valence-corrected chi connectivity index (χ1v) is 9.51. The lowest BCUT2D eigenvalue weighted by atomic mass is 10.1. The summed E-state index contributed by atoms with van der Waals surface area (Å²) < 4.78 is 5.19. The molecule has 2 N–H and O–H groups in total. The van der Waals surface area contributed by atoms with E-state index in [0.717, 1.165) is 31.2 Å². The molecule has 0 spiro atoms. The van der Waals surface area contributed by atoms with Crippen LogP contribution in [0.4, 0.5) is 0 Å². The van der Waals surface area contributed by atoms with Crippen LogP contribution < -0.4 is 15.4 Å². The molecule has 5 nitrogen and oxygen atoms in total. The first kappa shape index (κ1) is 19.6. The minimum atomic E-state index is 0.623. The topological polar surface area (TPSA) is 48.9 Å². The van der Waals surface area contributed by atoms with E-state index in [1.54, 1.807) is 7.11 Å². The second-order valence-corrected chi connectivity index (χ2v) is 6.94. The zero-order chi connectivity index (χ0) is 17.9. The minimum absolute atomic E-state index is 0.623. The van der Waals surface area contributed by atoms with E-state index >= 15 is 0 Å². The Morgan fingerprint density at radius 2 is 1.88 bits per heavy atom. The average molecular weight is 347 g/mol. The molecule has 25 heavy (non-hydrogen) atoms. The van der Waals surface area contributed by atoms with Crippen molar-refractivity contribution >= 4 is 5.96 Å². The summed E-state index contributed by atoms with van der Waals surface area (Å²) in [6.45, 7) is 7.84. The Hall–Kier alpha value is -1.75. The normalized spacial score (nSPS) is 17.2. The number of rotatable bonds is 8. The number of methoxy groups -OCH3 is 1. The van der Waals surface area contributed by atoms with Crippen LogP contribution in [0.25, 0.3) is 0 Å². The summed E-state index contributed by atoms with van der Waals surface area (Å²) in [5.74, 6) is 2.41. The smallest absolute Gasteiger partial charge is 0.190 e. The molecule has 1 aliphatic heterocycles. The minimum Gasteiger partial charge on any atom is -0.497 e. The molecule has 1 aromatic carbocycles. The number of benzene rings is 1. The molecule has 1 aromatic rings. The maximum Gasteiger partial charge on any atom is 0.190 e. The van der Waals surface area contributed by atoms with Gasteiger partial charge in [0, 0.05) is 26.7 Å². The molecule has 140 valence electrons. The molecule has 0 radical (unpaired) electrons. The average Bonchev–Trinajstić information content (AvgIpc) is 2.66. The van der Waals surface area contributed by atoms with Gasteiger partial charge in [0.15, 0.2) is 5.96 Å². The molecule has 5 heteroatoms. The third-order valence-electron chi connectivity index (χ3n) is 4.73. The third kappa shape index (κ3) is 7.34. The van der Waals surface area contributed by atoms with E-state index in [9.17, 15) is 0 Å². The fraction of sp³-hybridized carbons (Fsp3) is 0.650. The summed E-state index contributed by atoms with van der Waals surface area (Å²) in [6, 6.07) is 8.23. The molecular weight excluding hydrogens is 312 g/mol. The van der Waals surface area contributed by atoms with Crippen molar-refractivity contribution in [3.8, 4) is 5.75 Å². The predicted molar refractivity (Wildman–Crippen MR) is 106 cm³/mol. The lowest BCUT2D eigenvalue weighted by Crippen LogP contribution is -2.42. The monoisotopic (exact) mass is 346 g/mol. The van der Waals surface area contributed by atoms with Gasteiger partial charge in [-0.25, -0.2) is 0 Å². The number of ether oxygens (including phenoxy) is 1. The second-order valence-electron chi connectivity index (χ2n) is 6.94. The zero-order valence-electron chi connectivity index (χ0n) is 16.1. The SMILES string of the molecule is CN=C(NCCc1ccc(OC)cc1)NCC(C)CN1CCCCC1. The van der Waals surface area contributed by atoms with Crippen molar-refractivity contribution < 1.29 is 4.74 Å².